The lowest BCUT2D eigenvalue weighted by molar-refractivity contribution is 0.129. The number of hydrogen-bond acceptors (Lipinski definition) is 4. The van der Waals surface area contributed by atoms with Crippen LogP contribution in [0.2, 0.25) is 0 Å². The summed E-state index contributed by atoms with van der Waals surface area (Å²) >= 11 is 1.71. The number of unbranched alkanes of at least 4 members (excludes halogenated alkanes) is 1. The van der Waals surface area contributed by atoms with Crippen LogP contribution in [0.3, 0.4) is 0 Å². The van der Waals surface area contributed by atoms with Crippen LogP contribution in [0.15, 0.2) is 10.4 Å². The van der Waals surface area contributed by atoms with Gasteiger partial charge in [-0.2, -0.15) is 0 Å². The van der Waals surface area contributed by atoms with Gasteiger partial charge in [0.15, 0.2) is 5.96 Å². The molecule has 138 valence electrons. The zero-order valence-electron chi connectivity index (χ0n) is 15.9. The summed E-state index contributed by atoms with van der Waals surface area (Å²) in [4.78, 5) is 9.31. The van der Waals surface area contributed by atoms with Crippen molar-refractivity contribution in [3.63, 3.8) is 0 Å². The monoisotopic (exact) mass is 354 g/mol. The summed E-state index contributed by atoms with van der Waals surface area (Å²) in [6.45, 7) is 14.8. The summed E-state index contributed by atoms with van der Waals surface area (Å²) in [6.07, 6.45) is 3.31. The lowest BCUT2D eigenvalue weighted by atomic mass is 9.98. The van der Waals surface area contributed by atoms with Crippen molar-refractivity contribution in [3.05, 3.63) is 16.1 Å². The summed E-state index contributed by atoms with van der Waals surface area (Å²) in [7, 11) is 0. The maximum Gasteiger partial charge on any atom is 0.191 e. The molecule has 1 heterocycles. The normalized spacial score (nSPS) is 12.5. The first-order chi connectivity index (χ1) is 11.5. The van der Waals surface area contributed by atoms with Gasteiger partial charge in [0.05, 0.1) is 17.2 Å². The molecule has 0 aromatic carbocycles. The second kappa shape index (κ2) is 11.4. The molecule has 0 spiro atoms. The molecule has 6 heteroatoms. The number of rotatable bonds is 10. The van der Waals surface area contributed by atoms with Crippen LogP contribution < -0.4 is 10.6 Å². The molecule has 1 aromatic rings. The number of guanidine groups is 1. The van der Waals surface area contributed by atoms with Gasteiger partial charge in [-0.1, -0.05) is 34.1 Å². The van der Waals surface area contributed by atoms with Crippen LogP contribution in [-0.2, 0) is 16.7 Å². The summed E-state index contributed by atoms with van der Waals surface area (Å²) in [6, 6.07) is 0. The molecule has 2 N–H and O–H groups in total. The first-order valence-electron chi connectivity index (χ1n) is 9.02. The van der Waals surface area contributed by atoms with Crippen LogP contribution in [0.25, 0.3) is 0 Å². The average Bonchev–Trinajstić information content (AvgIpc) is 3.01. The molecular weight excluding hydrogens is 320 g/mol. The highest BCUT2D eigenvalue weighted by Gasteiger charge is 2.17. The molecule has 1 aromatic heterocycles. The van der Waals surface area contributed by atoms with Crippen LogP contribution in [0.5, 0.6) is 0 Å². The molecule has 0 aliphatic rings. The number of thiazole rings is 1. The fourth-order valence-corrected chi connectivity index (χ4v) is 2.85. The fraction of sp³-hybridized carbons (Fsp3) is 0.778. The predicted octanol–water partition coefficient (Wildman–Crippen LogP) is 3.70. The van der Waals surface area contributed by atoms with Crippen molar-refractivity contribution in [1.29, 1.82) is 0 Å². The van der Waals surface area contributed by atoms with E-state index in [0.717, 1.165) is 55.8 Å². The van der Waals surface area contributed by atoms with E-state index in [1.54, 1.807) is 11.3 Å². The topological polar surface area (TPSA) is 58.5 Å². The average molecular weight is 355 g/mol. The van der Waals surface area contributed by atoms with E-state index in [-0.39, 0.29) is 5.41 Å². The smallest absolute Gasteiger partial charge is 0.191 e. The van der Waals surface area contributed by atoms with E-state index in [1.807, 2.05) is 0 Å². The molecule has 0 unspecified atom stereocenters. The first-order valence-corrected chi connectivity index (χ1v) is 9.90. The molecule has 0 bridgehead atoms. The second-order valence-electron chi connectivity index (χ2n) is 6.84. The Kier molecular flexibility index (Phi) is 9.95. The SMILES string of the molecule is CCCCOCCCNC(=NCc1csc(C(C)(C)C)n1)NCC. The molecule has 0 saturated carbocycles. The van der Waals surface area contributed by atoms with E-state index in [9.17, 15) is 0 Å². The maximum atomic E-state index is 5.57. The van der Waals surface area contributed by atoms with Crippen molar-refractivity contribution in [2.24, 2.45) is 4.99 Å². The van der Waals surface area contributed by atoms with Crippen LogP contribution in [0.1, 0.15) is 64.6 Å². The first kappa shape index (κ1) is 20.9. The Labute approximate surface area is 151 Å². The number of nitrogens with zero attached hydrogens (tertiary/aromatic N) is 2. The summed E-state index contributed by atoms with van der Waals surface area (Å²) < 4.78 is 5.57. The minimum Gasteiger partial charge on any atom is -0.381 e. The zero-order valence-corrected chi connectivity index (χ0v) is 16.8. The number of aliphatic imine (C=N–C) groups is 1. The predicted molar refractivity (Wildman–Crippen MR) is 104 cm³/mol. The van der Waals surface area contributed by atoms with Crippen molar-refractivity contribution < 1.29 is 4.74 Å². The third kappa shape index (κ3) is 8.64. The molecule has 0 aliphatic heterocycles. The Morgan fingerprint density at radius 3 is 2.58 bits per heavy atom. The lowest BCUT2D eigenvalue weighted by Gasteiger charge is -2.13. The molecular formula is C18H34N4OS. The quantitative estimate of drug-likeness (QED) is 0.382. The van der Waals surface area contributed by atoms with E-state index in [0.29, 0.717) is 6.54 Å². The molecule has 0 saturated heterocycles. The molecule has 1 rings (SSSR count). The van der Waals surface area contributed by atoms with Crippen molar-refractivity contribution in [1.82, 2.24) is 15.6 Å². The highest BCUT2D eigenvalue weighted by atomic mass is 32.1. The number of aromatic nitrogens is 1. The highest BCUT2D eigenvalue weighted by molar-refractivity contribution is 7.09. The maximum absolute atomic E-state index is 5.57. The van der Waals surface area contributed by atoms with E-state index < -0.39 is 0 Å². The van der Waals surface area contributed by atoms with Gasteiger partial charge < -0.3 is 15.4 Å². The molecule has 0 radical (unpaired) electrons. The van der Waals surface area contributed by atoms with Crippen molar-refractivity contribution in [2.45, 2.75) is 65.8 Å². The Balaban J connectivity index is 2.38. The van der Waals surface area contributed by atoms with Gasteiger partial charge >= 0.3 is 0 Å². The van der Waals surface area contributed by atoms with E-state index >= 15 is 0 Å². The summed E-state index contributed by atoms with van der Waals surface area (Å²) in [5, 5.41) is 9.90. The summed E-state index contributed by atoms with van der Waals surface area (Å²) in [5.74, 6) is 0.844. The van der Waals surface area contributed by atoms with E-state index in [4.69, 9.17) is 4.74 Å². The number of ether oxygens (including phenoxy) is 1. The van der Waals surface area contributed by atoms with Gasteiger partial charge in [0.2, 0.25) is 0 Å². The van der Waals surface area contributed by atoms with Gasteiger partial charge in [-0.3, -0.25) is 0 Å². The Hall–Kier alpha value is -1.14. The molecule has 0 amide bonds. The Morgan fingerprint density at radius 1 is 1.21 bits per heavy atom. The van der Waals surface area contributed by atoms with Gasteiger partial charge in [-0.25, -0.2) is 9.98 Å². The third-order valence-electron chi connectivity index (χ3n) is 3.34. The van der Waals surface area contributed by atoms with Crippen molar-refractivity contribution in [2.75, 3.05) is 26.3 Å². The van der Waals surface area contributed by atoms with E-state index in [2.05, 4.69) is 60.6 Å². The van der Waals surface area contributed by atoms with Crippen molar-refractivity contribution in [3.8, 4) is 0 Å². The van der Waals surface area contributed by atoms with Gasteiger partial charge in [-0.05, 0) is 19.8 Å². The fourth-order valence-electron chi connectivity index (χ4n) is 1.96. The van der Waals surface area contributed by atoms with Gasteiger partial charge in [0.1, 0.15) is 0 Å². The second-order valence-corrected chi connectivity index (χ2v) is 7.69. The molecule has 24 heavy (non-hydrogen) atoms. The molecule has 0 aliphatic carbocycles. The largest absolute Gasteiger partial charge is 0.381 e. The van der Waals surface area contributed by atoms with Gasteiger partial charge in [0, 0.05) is 37.1 Å². The van der Waals surface area contributed by atoms with Crippen molar-refractivity contribution >= 4 is 17.3 Å². The third-order valence-corrected chi connectivity index (χ3v) is 4.65. The molecule has 0 atom stereocenters. The minimum absolute atomic E-state index is 0.104. The summed E-state index contributed by atoms with van der Waals surface area (Å²) in [5.41, 5.74) is 1.14. The molecule has 0 fully saturated rings. The zero-order chi connectivity index (χ0) is 17.8. The number of nitrogens with one attached hydrogen (secondary N) is 2. The Bertz CT molecular complexity index is 480. The van der Waals surface area contributed by atoms with Gasteiger partial charge in [-0.15, -0.1) is 11.3 Å². The van der Waals surface area contributed by atoms with Crippen LogP contribution in [0.4, 0.5) is 0 Å². The Morgan fingerprint density at radius 2 is 1.96 bits per heavy atom. The van der Waals surface area contributed by atoms with Gasteiger partial charge in [0.25, 0.3) is 0 Å². The van der Waals surface area contributed by atoms with E-state index in [1.165, 1.54) is 6.42 Å². The minimum atomic E-state index is 0.104. The highest BCUT2D eigenvalue weighted by Crippen LogP contribution is 2.25. The lowest BCUT2D eigenvalue weighted by Crippen LogP contribution is -2.38. The molecule has 5 nitrogen and oxygen atoms in total. The van der Waals surface area contributed by atoms with Crippen LogP contribution in [0, 0.1) is 0 Å². The number of hydrogen-bond donors (Lipinski definition) is 2. The standard InChI is InChI=1S/C18H34N4OS/c1-6-8-11-23-12-9-10-20-17(19-7-2)21-13-15-14-24-16(22-15)18(3,4)5/h14H,6-13H2,1-5H3,(H2,19,20,21). The van der Waals surface area contributed by atoms with Crippen LogP contribution >= 0.6 is 11.3 Å². The van der Waals surface area contributed by atoms with Crippen LogP contribution in [-0.4, -0.2) is 37.2 Å².